The fraction of sp³-hybridized carbons (Fsp3) is 0.250. The van der Waals surface area contributed by atoms with Gasteiger partial charge in [-0.2, -0.15) is 0 Å². The average molecular weight is 381 g/mol. The zero-order valence-electron chi connectivity index (χ0n) is 14.8. The third kappa shape index (κ3) is 3.30. The highest BCUT2D eigenvalue weighted by atomic mass is 32.2. The van der Waals surface area contributed by atoms with Crippen molar-refractivity contribution in [1.82, 2.24) is 4.90 Å². The second-order valence-corrected chi connectivity index (χ2v) is 7.80. The minimum Gasteiger partial charge on any atom is -0.543 e. The van der Waals surface area contributed by atoms with Gasteiger partial charge in [0.1, 0.15) is 11.4 Å². The zero-order valence-corrected chi connectivity index (χ0v) is 15.6. The van der Waals surface area contributed by atoms with Crippen LogP contribution in [0.5, 0.6) is 0 Å². The van der Waals surface area contributed by atoms with E-state index in [0.29, 0.717) is 11.3 Å². The average Bonchev–Trinajstić information content (AvgIpc) is 2.67. The van der Waals surface area contributed by atoms with Gasteiger partial charge in [-0.05, 0) is 12.5 Å². The molecule has 7 heteroatoms. The van der Waals surface area contributed by atoms with Crippen LogP contribution in [0.1, 0.15) is 12.5 Å². The number of hydrogen-bond donors (Lipinski definition) is 1. The molecule has 4 rings (SSSR count). The minimum atomic E-state index is -1.29. The number of amides is 1. The molecule has 0 radical (unpaired) electrons. The quantitative estimate of drug-likeness (QED) is 0.611. The van der Waals surface area contributed by atoms with Crippen molar-refractivity contribution in [2.45, 2.75) is 24.9 Å². The number of rotatable bonds is 5. The van der Waals surface area contributed by atoms with Crippen LogP contribution in [0.2, 0.25) is 0 Å². The van der Waals surface area contributed by atoms with Gasteiger partial charge in [-0.15, -0.1) is 11.8 Å². The first-order valence-electron chi connectivity index (χ1n) is 8.70. The molecule has 6 nitrogen and oxygen atoms in total. The summed E-state index contributed by atoms with van der Waals surface area (Å²) in [5.74, 6) is -0.931. The van der Waals surface area contributed by atoms with E-state index in [1.807, 2.05) is 42.7 Å². The second-order valence-electron chi connectivity index (χ2n) is 6.69. The van der Waals surface area contributed by atoms with Crippen molar-refractivity contribution in [3.63, 3.8) is 0 Å². The van der Waals surface area contributed by atoms with E-state index in [2.05, 4.69) is 22.0 Å². The number of aliphatic carboxylic acids is 1. The number of carboxylic acids is 1. The zero-order chi connectivity index (χ0) is 19.0. The summed E-state index contributed by atoms with van der Waals surface area (Å²) in [5, 5.41) is 14.4. The topological polar surface area (TPSA) is 76.3 Å². The fourth-order valence-corrected chi connectivity index (χ4v) is 4.69. The lowest BCUT2D eigenvalue weighted by molar-refractivity contribution is -0.688. The number of hydrogen-bond acceptors (Lipinski definition) is 5. The van der Waals surface area contributed by atoms with E-state index in [1.54, 1.807) is 18.7 Å². The molecular weight excluding hydrogens is 362 g/mol. The number of benzene rings is 1. The van der Waals surface area contributed by atoms with E-state index in [-0.39, 0.29) is 17.0 Å². The lowest BCUT2D eigenvalue weighted by Crippen LogP contribution is -2.68. The molecule has 27 heavy (non-hydrogen) atoms. The number of fused-ring (bicyclic) bond motifs is 1. The molecular formula is C20H19N3O3S. The summed E-state index contributed by atoms with van der Waals surface area (Å²) in [5.41, 5.74) is 2.74. The number of carbonyl (C=O) groups excluding carboxylic acids is 2. The molecule has 2 aliphatic heterocycles. The number of β-lactam (4-membered cyclic amide) rings is 1. The summed E-state index contributed by atoms with van der Waals surface area (Å²) < 4.78 is 2.06. The van der Waals surface area contributed by atoms with Crippen LogP contribution in [0.15, 0.2) is 66.1 Å². The van der Waals surface area contributed by atoms with Gasteiger partial charge in [0.2, 0.25) is 0 Å². The highest BCUT2D eigenvalue weighted by molar-refractivity contribution is 8.00. The van der Waals surface area contributed by atoms with E-state index in [9.17, 15) is 14.7 Å². The smallest absolute Gasteiger partial charge is 0.253 e. The first-order chi connectivity index (χ1) is 13.0. The Kier molecular flexibility index (Phi) is 4.61. The van der Waals surface area contributed by atoms with Crippen molar-refractivity contribution in [1.29, 1.82) is 0 Å². The highest BCUT2D eigenvalue weighted by Gasteiger charge is 2.51. The molecule has 0 aliphatic carbocycles. The molecule has 3 heterocycles. The van der Waals surface area contributed by atoms with Crippen molar-refractivity contribution in [2.24, 2.45) is 0 Å². The van der Waals surface area contributed by atoms with E-state index >= 15 is 0 Å². The number of carboxylic acid groups (broad SMARTS) is 1. The SMILES string of the molecule is CC1=C(C(=O)[O-])N2C(=O)[C@@H](Nc3cc[n+](Cc4ccccc4)cc3)[C@H]2SC1. The van der Waals surface area contributed by atoms with Gasteiger partial charge >= 0.3 is 0 Å². The molecule has 0 spiro atoms. The summed E-state index contributed by atoms with van der Waals surface area (Å²) >= 11 is 1.57. The number of anilines is 1. The Hall–Kier alpha value is -2.80. The largest absolute Gasteiger partial charge is 0.543 e. The summed E-state index contributed by atoms with van der Waals surface area (Å²) in [6.45, 7) is 2.50. The Balaban J connectivity index is 1.43. The van der Waals surface area contributed by atoms with Gasteiger partial charge in [-0.3, -0.25) is 9.69 Å². The van der Waals surface area contributed by atoms with Gasteiger partial charge in [-0.25, -0.2) is 4.57 Å². The minimum absolute atomic E-state index is 0.0237. The maximum atomic E-state index is 12.5. The molecule has 1 N–H and O–H groups in total. The molecule has 138 valence electrons. The lowest BCUT2D eigenvalue weighted by Gasteiger charge is -2.50. The maximum absolute atomic E-state index is 12.5. The molecule has 1 aromatic heterocycles. The third-order valence-corrected chi connectivity index (χ3v) is 6.20. The van der Waals surface area contributed by atoms with Gasteiger partial charge < -0.3 is 15.2 Å². The van der Waals surface area contributed by atoms with Crippen molar-refractivity contribution < 1.29 is 19.3 Å². The van der Waals surface area contributed by atoms with E-state index in [0.717, 1.165) is 12.2 Å². The Morgan fingerprint density at radius 2 is 1.96 bits per heavy atom. The first-order valence-corrected chi connectivity index (χ1v) is 9.75. The van der Waals surface area contributed by atoms with Crippen LogP contribution in [-0.2, 0) is 16.1 Å². The van der Waals surface area contributed by atoms with Crippen LogP contribution in [0.25, 0.3) is 0 Å². The molecule has 0 bridgehead atoms. The number of aromatic nitrogens is 1. The second kappa shape index (κ2) is 7.08. The summed E-state index contributed by atoms with van der Waals surface area (Å²) in [7, 11) is 0. The normalized spacial score (nSPS) is 21.5. The maximum Gasteiger partial charge on any atom is 0.253 e. The highest BCUT2D eigenvalue weighted by Crippen LogP contribution is 2.40. The van der Waals surface area contributed by atoms with Gasteiger partial charge in [0.25, 0.3) is 5.91 Å². The van der Waals surface area contributed by atoms with Gasteiger partial charge in [0.05, 0.1) is 11.7 Å². The van der Waals surface area contributed by atoms with E-state index in [1.165, 1.54) is 10.5 Å². The predicted molar refractivity (Wildman–Crippen MR) is 100 cm³/mol. The predicted octanol–water partition coefficient (Wildman–Crippen LogP) is 0.742. The molecule has 0 unspecified atom stereocenters. The molecule has 1 fully saturated rings. The van der Waals surface area contributed by atoms with E-state index < -0.39 is 12.0 Å². The Morgan fingerprint density at radius 1 is 1.26 bits per heavy atom. The Morgan fingerprint density at radius 3 is 2.63 bits per heavy atom. The van der Waals surface area contributed by atoms with Crippen LogP contribution in [0.3, 0.4) is 0 Å². The molecule has 1 amide bonds. The Labute approximate surface area is 161 Å². The number of nitrogens with zero attached hydrogens (tertiary/aromatic N) is 2. The lowest BCUT2D eigenvalue weighted by atomic mass is 10.0. The van der Waals surface area contributed by atoms with Crippen LogP contribution in [0, 0.1) is 0 Å². The van der Waals surface area contributed by atoms with Gasteiger partial charge in [-0.1, -0.05) is 30.3 Å². The number of nitrogens with one attached hydrogen (secondary N) is 1. The molecule has 0 saturated carbocycles. The molecule has 1 saturated heterocycles. The van der Waals surface area contributed by atoms with E-state index in [4.69, 9.17) is 0 Å². The fourth-order valence-electron chi connectivity index (χ4n) is 3.40. The van der Waals surface area contributed by atoms with Crippen LogP contribution in [0.4, 0.5) is 5.69 Å². The molecule has 2 atom stereocenters. The number of thioether (sulfide) groups is 1. The van der Waals surface area contributed by atoms with Crippen molar-refractivity contribution >= 4 is 29.3 Å². The van der Waals surface area contributed by atoms with Crippen molar-refractivity contribution in [2.75, 3.05) is 11.1 Å². The molecule has 2 aromatic rings. The van der Waals surface area contributed by atoms with Gasteiger partial charge in [0.15, 0.2) is 18.9 Å². The standard InChI is InChI=1S/C20H19N3O3S/c1-13-12-27-19-16(18(24)23(19)17(13)20(25)26)21-15-7-9-22(10-8-15)11-14-5-3-2-4-6-14/h2-10,16,19H,11-12H2,1H3,(H,25,26)/t16-,19-/m1/s1. The van der Waals surface area contributed by atoms with Crippen molar-refractivity contribution in [3.8, 4) is 0 Å². The molecule has 1 aromatic carbocycles. The summed E-state index contributed by atoms with van der Waals surface area (Å²) in [6, 6.07) is 13.6. The van der Waals surface area contributed by atoms with Crippen molar-refractivity contribution in [3.05, 3.63) is 71.7 Å². The van der Waals surface area contributed by atoms with Crippen LogP contribution in [-0.4, -0.2) is 33.9 Å². The monoisotopic (exact) mass is 381 g/mol. The summed E-state index contributed by atoms with van der Waals surface area (Å²) in [6.07, 6.45) is 3.92. The molecule has 2 aliphatic rings. The van der Waals surface area contributed by atoms with Crippen LogP contribution < -0.4 is 15.0 Å². The van der Waals surface area contributed by atoms with Gasteiger partial charge in [0, 0.05) is 29.1 Å². The summed E-state index contributed by atoms with van der Waals surface area (Å²) in [4.78, 5) is 25.2. The first kappa shape index (κ1) is 17.6. The van der Waals surface area contributed by atoms with Crippen LogP contribution >= 0.6 is 11.8 Å². The third-order valence-electron chi connectivity index (χ3n) is 4.77. The number of pyridine rings is 1. The number of carbonyl (C=O) groups is 2. The Bertz CT molecular complexity index is 912.